The maximum absolute atomic E-state index is 12.7. The first kappa shape index (κ1) is 18.1. The van der Waals surface area contributed by atoms with Gasteiger partial charge in [0, 0.05) is 22.6 Å². The molecule has 6 heteroatoms. The van der Waals surface area contributed by atoms with Gasteiger partial charge in [0.15, 0.2) is 5.13 Å². The molecule has 0 fully saturated rings. The van der Waals surface area contributed by atoms with Crippen LogP contribution in [0, 0.1) is 0 Å². The van der Waals surface area contributed by atoms with Crippen molar-refractivity contribution in [2.45, 2.75) is 25.9 Å². The van der Waals surface area contributed by atoms with Crippen molar-refractivity contribution in [1.29, 1.82) is 0 Å². The number of allylic oxidation sites excluding steroid dienone is 1. The molecule has 0 spiro atoms. The molecule has 0 saturated carbocycles. The number of ether oxygens (including phenoxy) is 1. The van der Waals surface area contributed by atoms with Gasteiger partial charge in [-0.05, 0) is 18.2 Å². The van der Waals surface area contributed by atoms with Crippen molar-refractivity contribution in [2.75, 3.05) is 5.32 Å². The van der Waals surface area contributed by atoms with E-state index in [4.69, 9.17) is 4.74 Å². The number of aromatic nitrogens is 2. The lowest BCUT2D eigenvalue weighted by atomic mass is 9.84. The molecule has 1 N–H and O–H groups in total. The average Bonchev–Trinajstić information content (AvgIpc) is 3.11. The molecule has 3 rings (SSSR count). The Hall–Kier alpha value is -2.73. The summed E-state index contributed by atoms with van der Waals surface area (Å²) in [5.74, 6) is 1.14. The normalized spacial score (nSPS) is 11.2. The predicted molar refractivity (Wildman–Crippen MR) is 104 cm³/mol. The van der Waals surface area contributed by atoms with Crippen LogP contribution in [-0.2, 0) is 12.1 Å². The summed E-state index contributed by atoms with van der Waals surface area (Å²) in [6.45, 7) is 7.49. The van der Waals surface area contributed by atoms with Crippen molar-refractivity contribution in [3.8, 4) is 11.6 Å². The Kier molecular flexibility index (Phi) is 5.32. The van der Waals surface area contributed by atoms with Gasteiger partial charge in [0.25, 0.3) is 0 Å². The molecule has 0 bridgehead atoms. The topological polar surface area (TPSA) is 47.0 Å². The Balaban J connectivity index is 1.91. The summed E-state index contributed by atoms with van der Waals surface area (Å²) in [5, 5.41) is 5.43. The van der Waals surface area contributed by atoms with E-state index in [-0.39, 0.29) is 5.41 Å². The molecule has 0 saturated heterocycles. The van der Waals surface area contributed by atoms with Crippen molar-refractivity contribution >= 4 is 22.2 Å². The average molecular weight is 369 g/mol. The summed E-state index contributed by atoms with van der Waals surface area (Å²) in [4.78, 5) is 8.52. The number of alkyl halides is 1. The SMILES string of the molecule is C=CC(C)(C)c1ccccc1Oc1ncccc1Nc1nc(CF)cs1. The van der Waals surface area contributed by atoms with Crippen LogP contribution in [0.3, 0.4) is 0 Å². The largest absolute Gasteiger partial charge is 0.437 e. The van der Waals surface area contributed by atoms with E-state index in [0.717, 1.165) is 5.56 Å². The quantitative estimate of drug-likeness (QED) is 0.518. The Bertz CT molecular complexity index is 907. The van der Waals surface area contributed by atoms with E-state index < -0.39 is 6.67 Å². The van der Waals surface area contributed by atoms with Crippen LogP contribution in [0.25, 0.3) is 0 Å². The highest BCUT2D eigenvalue weighted by molar-refractivity contribution is 7.13. The Morgan fingerprint density at radius 3 is 2.81 bits per heavy atom. The molecule has 0 aliphatic rings. The maximum Gasteiger partial charge on any atom is 0.243 e. The van der Waals surface area contributed by atoms with E-state index in [9.17, 15) is 4.39 Å². The van der Waals surface area contributed by atoms with Gasteiger partial charge in [-0.15, -0.1) is 17.9 Å². The molecule has 2 aromatic heterocycles. The first-order chi connectivity index (χ1) is 12.5. The van der Waals surface area contributed by atoms with Gasteiger partial charge in [0.1, 0.15) is 18.1 Å². The molecular formula is C20H20FN3OS. The Morgan fingerprint density at radius 1 is 1.27 bits per heavy atom. The Morgan fingerprint density at radius 2 is 2.08 bits per heavy atom. The van der Waals surface area contributed by atoms with Gasteiger partial charge in [-0.3, -0.25) is 0 Å². The second kappa shape index (κ2) is 7.66. The molecule has 2 heterocycles. The van der Waals surface area contributed by atoms with Crippen LogP contribution in [0.5, 0.6) is 11.6 Å². The zero-order valence-corrected chi connectivity index (χ0v) is 15.5. The van der Waals surface area contributed by atoms with E-state index in [0.29, 0.717) is 28.1 Å². The zero-order chi connectivity index (χ0) is 18.6. The molecule has 0 radical (unpaired) electrons. The fourth-order valence-corrected chi connectivity index (χ4v) is 3.11. The third-order valence-electron chi connectivity index (χ3n) is 4.00. The molecule has 0 aliphatic carbocycles. The second-order valence-corrected chi connectivity index (χ2v) is 7.14. The summed E-state index contributed by atoms with van der Waals surface area (Å²) in [6.07, 6.45) is 3.55. The molecule has 4 nitrogen and oxygen atoms in total. The highest BCUT2D eigenvalue weighted by atomic mass is 32.1. The molecule has 0 atom stereocenters. The number of anilines is 2. The summed E-state index contributed by atoms with van der Waals surface area (Å²) in [6, 6.07) is 11.5. The molecule has 134 valence electrons. The number of halogens is 1. The van der Waals surface area contributed by atoms with Crippen LogP contribution in [0.2, 0.25) is 0 Å². The van der Waals surface area contributed by atoms with Gasteiger partial charge >= 0.3 is 0 Å². The van der Waals surface area contributed by atoms with E-state index in [1.807, 2.05) is 36.4 Å². The number of para-hydroxylation sites is 1. The van der Waals surface area contributed by atoms with Crippen molar-refractivity contribution in [2.24, 2.45) is 0 Å². The van der Waals surface area contributed by atoms with Crippen LogP contribution in [0.15, 0.2) is 60.6 Å². The van der Waals surface area contributed by atoms with E-state index in [2.05, 4.69) is 35.7 Å². The van der Waals surface area contributed by atoms with Gasteiger partial charge in [-0.2, -0.15) is 0 Å². The number of pyridine rings is 1. The van der Waals surface area contributed by atoms with Gasteiger partial charge < -0.3 is 10.1 Å². The molecule has 26 heavy (non-hydrogen) atoms. The zero-order valence-electron chi connectivity index (χ0n) is 14.7. The lowest BCUT2D eigenvalue weighted by molar-refractivity contribution is 0.449. The van der Waals surface area contributed by atoms with Crippen LogP contribution in [-0.4, -0.2) is 9.97 Å². The molecule has 0 aliphatic heterocycles. The van der Waals surface area contributed by atoms with Crippen LogP contribution in [0.1, 0.15) is 25.1 Å². The van der Waals surface area contributed by atoms with Crippen molar-refractivity contribution in [3.05, 3.63) is 71.9 Å². The molecule has 1 aromatic carbocycles. The number of hydrogen-bond donors (Lipinski definition) is 1. The number of hydrogen-bond acceptors (Lipinski definition) is 5. The van der Waals surface area contributed by atoms with Gasteiger partial charge in [0.05, 0.1) is 5.69 Å². The van der Waals surface area contributed by atoms with Crippen molar-refractivity contribution < 1.29 is 9.13 Å². The van der Waals surface area contributed by atoms with Crippen molar-refractivity contribution in [1.82, 2.24) is 9.97 Å². The first-order valence-corrected chi connectivity index (χ1v) is 9.05. The number of benzene rings is 1. The highest BCUT2D eigenvalue weighted by Gasteiger charge is 2.21. The smallest absolute Gasteiger partial charge is 0.243 e. The van der Waals surface area contributed by atoms with Crippen LogP contribution < -0.4 is 10.1 Å². The summed E-state index contributed by atoms with van der Waals surface area (Å²) in [7, 11) is 0. The van der Waals surface area contributed by atoms with Gasteiger partial charge in [0.2, 0.25) is 5.88 Å². The third-order valence-corrected chi connectivity index (χ3v) is 4.81. The lowest BCUT2D eigenvalue weighted by Gasteiger charge is -2.23. The van der Waals surface area contributed by atoms with E-state index >= 15 is 0 Å². The minimum atomic E-state index is -0.585. The minimum absolute atomic E-state index is 0.246. The summed E-state index contributed by atoms with van der Waals surface area (Å²) >= 11 is 1.34. The monoisotopic (exact) mass is 369 g/mol. The summed E-state index contributed by atoms with van der Waals surface area (Å²) < 4.78 is 18.8. The molecule has 0 unspecified atom stereocenters. The highest BCUT2D eigenvalue weighted by Crippen LogP contribution is 2.37. The molecular weight excluding hydrogens is 349 g/mol. The fourth-order valence-electron chi connectivity index (χ4n) is 2.41. The van der Waals surface area contributed by atoms with E-state index in [1.54, 1.807) is 17.6 Å². The maximum atomic E-state index is 12.7. The predicted octanol–water partition coefficient (Wildman–Crippen LogP) is 6.01. The second-order valence-electron chi connectivity index (χ2n) is 6.28. The molecule has 0 amide bonds. The number of rotatable bonds is 7. The number of nitrogens with zero attached hydrogens (tertiary/aromatic N) is 2. The fraction of sp³-hybridized carbons (Fsp3) is 0.200. The standard InChI is InChI=1S/C20H20FN3OS/c1-4-20(2,3)15-8-5-6-10-17(15)25-18-16(9-7-11-22-18)24-19-23-14(12-21)13-26-19/h4-11,13H,1,12H2,2-3H3,(H,23,24). The van der Waals surface area contributed by atoms with Crippen LogP contribution >= 0.6 is 11.3 Å². The molecule has 3 aromatic rings. The van der Waals surface area contributed by atoms with Gasteiger partial charge in [-0.1, -0.05) is 38.1 Å². The number of thiazole rings is 1. The van der Waals surface area contributed by atoms with Crippen LogP contribution in [0.4, 0.5) is 15.2 Å². The minimum Gasteiger partial charge on any atom is -0.437 e. The van der Waals surface area contributed by atoms with Gasteiger partial charge in [-0.25, -0.2) is 14.4 Å². The van der Waals surface area contributed by atoms with Crippen molar-refractivity contribution in [3.63, 3.8) is 0 Å². The number of nitrogens with one attached hydrogen (secondary N) is 1. The Labute approximate surface area is 156 Å². The third kappa shape index (κ3) is 3.91. The summed E-state index contributed by atoms with van der Waals surface area (Å²) in [5.41, 5.74) is 1.84. The first-order valence-electron chi connectivity index (χ1n) is 8.17. The van der Waals surface area contributed by atoms with E-state index in [1.165, 1.54) is 11.3 Å². The lowest BCUT2D eigenvalue weighted by Crippen LogP contribution is -2.14.